The molecule has 0 radical (unpaired) electrons. The number of carbonyl (C=O) groups is 1. The molecule has 0 aromatic heterocycles. The molecule has 0 atom stereocenters. The van der Waals surface area contributed by atoms with E-state index in [1.165, 1.54) is 16.4 Å². The Kier molecular flexibility index (Phi) is 4.82. The summed E-state index contributed by atoms with van der Waals surface area (Å²) in [4.78, 5) is 11.0. The summed E-state index contributed by atoms with van der Waals surface area (Å²) < 4.78 is 26.8. The molecule has 1 aromatic carbocycles. The predicted molar refractivity (Wildman–Crippen MR) is 80.6 cm³/mol. The van der Waals surface area contributed by atoms with Crippen molar-refractivity contribution in [3.63, 3.8) is 0 Å². The van der Waals surface area contributed by atoms with Crippen LogP contribution in [0.25, 0.3) is 0 Å². The minimum absolute atomic E-state index is 0.0185. The molecule has 1 aromatic rings. The second-order valence-electron chi connectivity index (χ2n) is 4.89. The summed E-state index contributed by atoms with van der Waals surface area (Å²) in [6.45, 7) is 2.27. The van der Waals surface area contributed by atoms with Crippen LogP contribution in [0.1, 0.15) is 36.5 Å². The van der Waals surface area contributed by atoms with Gasteiger partial charge < -0.3 is 5.11 Å². The monoisotopic (exact) mass is 351 g/mol. The normalized spacial score (nSPS) is 15.4. The predicted octanol–water partition coefficient (Wildman–Crippen LogP) is 3.25. The molecule has 116 valence electrons. The molecule has 0 bridgehead atoms. The highest BCUT2D eigenvalue weighted by molar-refractivity contribution is 7.89. The summed E-state index contributed by atoms with van der Waals surface area (Å²) in [5.41, 5.74) is -0.383. The van der Waals surface area contributed by atoms with Crippen molar-refractivity contribution in [2.75, 3.05) is 6.54 Å². The number of halogens is 2. The van der Waals surface area contributed by atoms with Crippen molar-refractivity contribution in [2.24, 2.45) is 0 Å². The molecule has 0 saturated heterocycles. The van der Waals surface area contributed by atoms with Gasteiger partial charge in [0.1, 0.15) is 4.90 Å². The van der Waals surface area contributed by atoms with Gasteiger partial charge in [-0.25, -0.2) is 13.2 Å². The Labute approximate surface area is 133 Å². The highest BCUT2D eigenvalue weighted by Gasteiger charge is 2.39. The third-order valence-corrected chi connectivity index (χ3v) is 6.07. The lowest BCUT2D eigenvalue weighted by molar-refractivity contribution is 0.0697. The van der Waals surface area contributed by atoms with Crippen molar-refractivity contribution < 1.29 is 18.3 Å². The Morgan fingerprint density at radius 1 is 1.38 bits per heavy atom. The Morgan fingerprint density at radius 3 is 2.48 bits per heavy atom. The highest BCUT2D eigenvalue weighted by atomic mass is 35.5. The van der Waals surface area contributed by atoms with Crippen molar-refractivity contribution in [3.8, 4) is 0 Å². The number of carboxylic acids is 1. The van der Waals surface area contributed by atoms with Crippen LogP contribution in [0.4, 0.5) is 0 Å². The van der Waals surface area contributed by atoms with Crippen molar-refractivity contribution in [2.45, 2.75) is 37.1 Å². The minimum Gasteiger partial charge on any atom is -0.478 e. The zero-order valence-electron chi connectivity index (χ0n) is 11.3. The lowest BCUT2D eigenvalue weighted by Gasteiger charge is -2.22. The second kappa shape index (κ2) is 6.12. The minimum atomic E-state index is -3.82. The smallest absolute Gasteiger partial charge is 0.338 e. The number of rotatable bonds is 6. The molecule has 2 rings (SSSR count). The Bertz CT molecular complexity index is 671. The molecule has 0 aliphatic heterocycles. The van der Waals surface area contributed by atoms with E-state index in [0.29, 0.717) is 13.0 Å². The van der Waals surface area contributed by atoms with Crippen LogP contribution in [0.3, 0.4) is 0 Å². The van der Waals surface area contributed by atoms with Crippen LogP contribution in [0.15, 0.2) is 17.0 Å². The molecule has 1 N–H and O–H groups in total. The maximum Gasteiger partial charge on any atom is 0.338 e. The number of nitrogens with zero attached hydrogens (tertiary/aromatic N) is 1. The summed E-state index contributed by atoms with van der Waals surface area (Å²) in [5, 5.41) is 8.70. The van der Waals surface area contributed by atoms with Crippen LogP contribution in [-0.4, -0.2) is 36.4 Å². The number of carboxylic acid groups (broad SMARTS) is 1. The van der Waals surface area contributed by atoms with E-state index in [2.05, 4.69) is 0 Å². The summed E-state index contributed by atoms with van der Waals surface area (Å²) in [5.74, 6) is -1.35. The summed E-state index contributed by atoms with van der Waals surface area (Å²) >= 11 is 11.8. The van der Waals surface area contributed by atoms with Gasteiger partial charge in [0.05, 0.1) is 15.6 Å². The van der Waals surface area contributed by atoms with E-state index in [4.69, 9.17) is 28.3 Å². The molecule has 0 heterocycles. The molecule has 1 saturated carbocycles. The Morgan fingerprint density at radius 2 is 2.00 bits per heavy atom. The molecular weight excluding hydrogens is 337 g/mol. The first-order valence-electron chi connectivity index (χ1n) is 6.53. The van der Waals surface area contributed by atoms with Gasteiger partial charge >= 0.3 is 5.97 Å². The molecule has 21 heavy (non-hydrogen) atoms. The summed E-state index contributed by atoms with van der Waals surface area (Å²) in [7, 11) is -3.82. The maximum atomic E-state index is 12.7. The molecule has 8 heteroatoms. The van der Waals surface area contributed by atoms with Gasteiger partial charge in [-0.1, -0.05) is 30.1 Å². The van der Waals surface area contributed by atoms with Crippen molar-refractivity contribution in [1.29, 1.82) is 0 Å². The molecular formula is C13H15Cl2NO4S. The van der Waals surface area contributed by atoms with Gasteiger partial charge in [0, 0.05) is 12.6 Å². The van der Waals surface area contributed by atoms with Gasteiger partial charge in [-0.05, 0) is 31.4 Å². The van der Waals surface area contributed by atoms with Crippen molar-refractivity contribution in [3.05, 3.63) is 27.7 Å². The fourth-order valence-electron chi connectivity index (χ4n) is 2.14. The van der Waals surface area contributed by atoms with Gasteiger partial charge in [-0.2, -0.15) is 4.31 Å². The average molecular weight is 352 g/mol. The topological polar surface area (TPSA) is 74.7 Å². The maximum absolute atomic E-state index is 12.7. The van der Waals surface area contributed by atoms with Crippen LogP contribution >= 0.6 is 23.2 Å². The van der Waals surface area contributed by atoms with Crippen LogP contribution in [0.5, 0.6) is 0 Å². The number of hydrogen-bond donors (Lipinski definition) is 1. The van der Waals surface area contributed by atoms with Crippen LogP contribution in [-0.2, 0) is 10.0 Å². The highest BCUT2D eigenvalue weighted by Crippen LogP contribution is 2.37. The van der Waals surface area contributed by atoms with Gasteiger partial charge in [-0.15, -0.1) is 0 Å². The van der Waals surface area contributed by atoms with E-state index in [-0.39, 0.29) is 26.5 Å². The third-order valence-electron chi connectivity index (χ3n) is 3.25. The molecule has 1 fully saturated rings. The molecule has 1 aliphatic rings. The molecule has 0 amide bonds. The quantitative estimate of drug-likeness (QED) is 0.853. The van der Waals surface area contributed by atoms with E-state index in [9.17, 15) is 13.2 Å². The first-order valence-corrected chi connectivity index (χ1v) is 8.73. The van der Waals surface area contributed by atoms with E-state index in [1.807, 2.05) is 6.92 Å². The zero-order chi connectivity index (χ0) is 15.8. The Balaban J connectivity index is 2.54. The molecule has 0 spiro atoms. The third kappa shape index (κ3) is 3.18. The van der Waals surface area contributed by atoms with E-state index in [1.54, 1.807) is 0 Å². The number of hydrogen-bond acceptors (Lipinski definition) is 3. The number of sulfonamides is 1. The van der Waals surface area contributed by atoms with Crippen LogP contribution in [0, 0.1) is 0 Å². The van der Waals surface area contributed by atoms with Crippen LogP contribution < -0.4 is 0 Å². The summed E-state index contributed by atoms with van der Waals surface area (Å²) in [6.07, 6.45) is 2.30. The fourth-order valence-corrected chi connectivity index (χ4v) is 4.81. The number of benzene rings is 1. The number of aromatic carboxylic acids is 1. The first-order chi connectivity index (χ1) is 9.80. The fraction of sp³-hybridized carbons (Fsp3) is 0.462. The second-order valence-corrected chi connectivity index (χ2v) is 7.53. The van der Waals surface area contributed by atoms with Gasteiger partial charge in [0.15, 0.2) is 0 Å². The lowest BCUT2D eigenvalue weighted by Crippen LogP contribution is -2.34. The molecule has 0 unspecified atom stereocenters. The van der Waals surface area contributed by atoms with Crippen molar-refractivity contribution >= 4 is 39.2 Å². The SMILES string of the molecule is CCCN(C1CC1)S(=O)(=O)c1ccc(Cl)c(C(=O)O)c1Cl. The van der Waals surface area contributed by atoms with E-state index in [0.717, 1.165) is 12.8 Å². The Hall–Kier alpha value is -0.820. The van der Waals surface area contributed by atoms with Gasteiger partial charge in [-0.3, -0.25) is 0 Å². The standard InChI is InChI=1S/C13H15Cl2NO4S/c1-2-7-16(8-3-4-8)21(19,20)10-6-5-9(14)11(12(10)15)13(17)18/h5-6,8H,2-4,7H2,1H3,(H,17,18). The van der Waals surface area contributed by atoms with Crippen molar-refractivity contribution in [1.82, 2.24) is 4.31 Å². The largest absolute Gasteiger partial charge is 0.478 e. The van der Waals surface area contributed by atoms with E-state index >= 15 is 0 Å². The first kappa shape index (κ1) is 16.5. The van der Waals surface area contributed by atoms with Gasteiger partial charge in [0.25, 0.3) is 0 Å². The van der Waals surface area contributed by atoms with Gasteiger partial charge in [0.2, 0.25) is 10.0 Å². The summed E-state index contributed by atoms with van der Waals surface area (Å²) in [6, 6.07) is 2.49. The average Bonchev–Trinajstić information content (AvgIpc) is 3.19. The lowest BCUT2D eigenvalue weighted by atomic mass is 10.2. The molecule has 5 nitrogen and oxygen atoms in total. The van der Waals surface area contributed by atoms with E-state index < -0.39 is 16.0 Å². The molecule has 1 aliphatic carbocycles. The van der Waals surface area contributed by atoms with Crippen LogP contribution in [0.2, 0.25) is 10.0 Å². The zero-order valence-corrected chi connectivity index (χ0v) is 13.7.